The Kier molecular flexibility index (Phi) is 5.01. The molecule has 1 fully saturated rings. The van der Waals surface area contributed by atoms with E-state index in [-0.39, 0.29) is 12.5 Å². The summed E-state index contributed by atoms with van der Waals surface area (Å²) in [5, 5.41) is 8.92. The van der Waals surface area contributed by atoms with Gasteiger partial charge in [-0.05, 0) is 18.1 Å². The fourth-order valence-electron chi connectivity index (χ4n) is 2.19. The topological polar surface area (TPSA) is 53.4 Å². The molecule has 0 saturated carbocycles. The lowest BCUT2D eigenvalue weighted by Gasteiger charge is -2.34. The van der Waals surface area contributed by atoms with Crippen molar-refractivity contribution in [1.82, 2.24) is 9.88 Å². The van der Waals surface area contributed by atoms with Crippen LogP contribution in [0.15, 0.2) is 24.5 Å². The second-order valence-corrected chi connectivity index (χ2v) is 5.62. The number of thioether (sulfide) groups is 1. The summed E-state index contributed by atoms with van der Waals surface area (Å²) in [6, 6.07) is 4.19. The fourth-order valence-corrected chi connectivity index (χ4v) is 3.32. The van der Waals surface area contributed by atoms with Crippen molar-refractivity contribution in [2.75, 3.05) is 24.6 Å². The minimum absolute atomic E-state index is 0.179. The molecule has 2 rings (SSSR count). The molecule has 1 saturated heterocycles. The maximum atomic E-state index is 10.8. The highest BCUT2D eigenvalue weighted by Crippen LogP contribution is 2.19. The van der Waals surface area contributed by atoms with Crippen molar-refractivity contribution in [1.29, 1.82) is 0 Å². The Morgan fingerprint density at radius 3 is 3.22 bits per heavy atom. The summed E-state index contributed by atoms with van der Waals surface area (Å²) in [6.07, 6.45) is 4.84. The summed E-state index contributed by atoms with van der Waals surface area (Å²) in [6.45, 7) is 1.91. The quantitative estimate of drug-likeness (QED) is 0.875. The van der Waals surface area contributed by atoms with Crippen molar-refractivity contribution in [2.45, 2.75) is 18.9 Å². The number of carboxylic acids is 1. The first-order valence-electron chi connectivity index (χ1n) is 6.18. The van der Waals surface area contributed by atoms with Gasteiger partial charge in [0.25, 0.3) is 0 Å². The van der Waals surface area contributed by atoms with Crippen LogP contribution in [0, 0.1) is 0 Å². The van der Waals surface area contributed by atoms with Crippen molar-refractivity contribution < 1.29 is 9.90 Å². The molecular weight excluding hydrogens is 248 g/mol. The molecule has 0 spiro atoms. The van der Waals surface area contributed by atoms with Crippen LogP contribution in [0.5, 0.6) is 0 Å². The van der Waals surface area contributed by atoms with Gasteiger partial charge in [-0.3, -0.25) is 14.7 Å². The predicted molar refractivity (Wildman–Crippen MR) is 72.9 cm³/mol. The number of carboxylic acid groups (broad SMARTS) is 1. The van der Waals surface area contributed by atoms with E-state index in [1.54, 1.807) is 6.20 Å². The second-order valence-electron chi connectivity index (χ2n) is 4.47. The molecule has 1 N–H and O–H groups in total. The third-order valence-corrected chi connectivity index (χ3v) is 4.26. The predicted octanol–water partition coefficient (Wildman–Crippen LogP) is 1.52. The van der Waals surface area contributed by atoms with Crippen molar-refractivity contribution >= 4 is 17.7 Å². The van der Waals surface area contributed by atoms with Gasteiger partial charge in [0.1, 0.15) is 0 Å². The minimum atomic E-state index is -0.700. The van der Waals surface area contributed by atoms with Crippen LogP contribution in [0.1, 0.15) is 12.0 Å². The Hall–Kier alpha value is -1.07. The molecule has 1 aliphatic heterocycles. The fraction of sp³-hybridized carbons (Fsp3) is 0.538. The average molecular weight is 266 g/mol. The molecule has 1 aromatic heterocycles. The van der Waals surface area contributed by atoms with E-state index in [0.717, 1.165) is 31.0 Å². The Morgan fingerprint density at radius 1 is 1.61 bits per heavy atom. The van der Waals surface area contributed by atoms with E-state index < -0.39 is 5.97 Å². The van der Waals surface area contributed by atoms with Crippen molar-refractivity contribution in [2.24, 2.45) is 0 Å². The second kappa shape index (κ2) is 6.75. The lowest BCUT2D eigenvalue weighted by molar-refractivity contribution is -0.138. The molecule has 98 valence electrons. The molecule has 5 heteroatoms. The standard InChI is InChI=1S/C13H18N2O2S/c16-13(17)8-12-10-18-7-6-15(12)5-3-11-2-1-4-14-9-11/h1-2,4,9,12H,3,5-8,10H2,(H,16,17). The van der Waals surface area contributed by atoms with E-state index >= 15 is 0 Å². The van der Waals surface area contributed by atoms with E-state index in [9.17, 15) is 4.79 Å². The normalized spacial score (nSPS) is 20.8. The van der Waals surface area contributed by atoms with Gasteiger partial charge in [0.05, 0.1) is 6.42 Å². The highest BCUT2D eigenvalue weighted by molar-refractivity contribution is 7.99. The lowest BCUT2D eigenvalue weighted by atomic mass is 10.1. The van der Waals surface area contributed by atoms with E-state index in [1.165, 1.54) is 5.56 Å². The monoisotopic (exact) mass is 266 g/mol. The summed E-state index contributed by atoms with van der Waals surface area (Å²) in [7, 11) is 0. The molecular formula is C13H18N2O2S. The van der Waals surface area contributed by atoms with Crippen molar-refractivity contribution in [3.05, 3.63) is 30.1 Å². The maximum absolute atomic E-state index is 10.8. The first-order valence-corrected chi connectivity index (χ1v) is 7.33. The van der Waals surface area contributed by atoms with E-state index in [4.69, 9.17) is 5.11 Å². The van der Waals surface area contributed by atoms with Gasteiger partial charge in [-0.1, -0.05) is 6.07 Å². The number of hydrogen-bond acceptors (Lipinski definition) is 4. The zero-order valence-electron chi connectivity index (χ0n) is 10.3. The van der Waals surface area contributed by atoms with Crippen LogP contribution < -0.4 is 0 Å². The largest absolute Gasteiger partial charge is 0.481 e. The molecule has 1 aromatic rings. The molecule has 0 aliphatic carbocycles. The van der Waals surface area contributed by atoms with Crippen LogP contribution in [0.25, 0.3) is 0 Å². The maximum Gasteiger partial charge on any atom is 0.304 e. The zero-order chi connectivity index (χ0) is 12.8. The number of aromatic nitrogens is 1. The number of nitrogens with zero attached hydrogens (tertiary/aromatic N) is 2. The first kappa shape index (κ1) is 13.4. The third kappa shape index (κ3) is 3.99. The van der Waals surface area contributed by atoms with Crippen LogP contribution in [0.2, 0.25) is 0 Å². The SMILES string of the molecule is O=C(O)CC1CSCCN1CCc1cccnc1. The van der Waals surface area contributed by atoms with E-state index in [0.29, 0.717) is 0 Å². The lowest BCUT2D eigenvalue weighted by Crippen LogP contribution is -2.44. The number of carbonyl (C=O) groups is 1. The Morgan fingerprint density at radius 2 is 2.50 bits per heavy atom. The number of aliphatic carboxylic acids is 1. The Labute approximate surface area is 111 Å². The molecule has 1 unspecified atom stereocenters. The molecule has 0 radical (unpaired) electrons. The molecule has 1 atom stereocenters. The van der Waals surface area contributed by atoms with Gasteiger partial charge >= 0.3 is 5.97 Å². The Balaban J connectivity index is 1.87. The van der Waals surface area contributed by atoms with Crippen LogP contribution in [-0.4, -0.2) is 51.6 Å². The number of rotatable bonds is 5. The number of pyridine rings is 1. The number of hydrogen-bond donors (Lipinski definition) is 1. The van der Waals surface area contributed by atoms with Gasteiger partial charge in [0.15, 0.2) is 0 Å². The Bertz CT molecular complexity index is 386. The summed E-state index contributed by atoms with van der Waals surface area (Å²) in [5.41, 5.74) is 1.21. The van der Waals surface area contributed by atoms with Crippen LogP contribution in [0.3, 0.4) is 0 Å². The summed E-state index contributed by atoms with van der Waals surface area (Å²) < 4.78 is 0. The molecule has 1 aliphatic rings. The van der Waals surface area contributed by atoms with Gasteiger partial charge in [0, 0.05) is 43.0 Å². The average Bonchev–Trinajstić information content (AvgIpc) is 2.38. The summed E-state index contributed by atoms with van der Waals surface area (Å²) in [4.78, 5) is 17.2. The molecule has 0 aromatic carbocycles. The minimum Gasteiger partial charge on any atom is -0.481 e. The molecule has 2 heterocycles. The highest BCUT2D eigenvalue weighted by atomic mass is 32.2. The van der Waals surface area contributed by atoms with Crippen molar-refractivity contribution in [3.8, 4) is 0 Å². The first-order chi connectivity index (χ1) is 8.75. The van der Waals surface area contributed by atoms with Gasteiger partial charge < -0.3 is 5.11 Å². The van der Waals surface area contributed by atoms with E-state index in [1.807, 2.05) is 24.0 Å². The smallest absolute Gasteiger partial charge is 0.304 e. The third-order valence-electron chi connectivity index (χ3n) is 3.17. The molecule has 4 nitrogen and oxygen atoms in total. The van der Waals surface area contributed by atoms with Crippen LogP contribution >= 0.6 is 11.8 Å². The molecule has 0 amide bonds. The van der Waals surface area contributed by atoms with Crippen molar-refractivity contribution in [3.63, 3.8) is 0 Å². The summed E-state index contributed by atoms with van der Waals surface area (Å²) >= 11 is 1.85. The molecule has 0 bridgehead atoms. The van der Waals surface area contributed by atoms with Crippen LogP contribution in [-0.2, 0) is 11.2 Å². The van der Waals surface area contributed by atoms with Gasteiger partial charge in [-0.2, -0.15) is 11.8 Å². The highest BCUT2D eigenvalue weighted by Gasteiger charge is 2.24. The molecule has 18 heavy (non-hydrogen) atoms. The van der Waals surface area contributed by atoms with Gasteiger partial charge in [-0.25, -0.2) is 0 Å². The zero-order valence-corrected chi connectivity index (χ0v) is 11.1. The van der Waals surface area contributed by atoms with E-state index in [2.05, 4.69) is 16.0 Å². The summed E-state index contributed by atoms with van der Waals surface area (Å²) in [5.74, 6) is 1.33. The van der Waals surface area contributed by atoms with Crippen LogP contribution in [0.4, 0.5) is 0 Å². The van der Waals surface area contributed by atoms with Gasteiger partial charge in [-0.15, -0.1) is 0 Å². The van der Waals surface area contributed by atoms with Gasteiger partial charge in [0.2, 0.25) is 0 Å².